The lowest BCUT2D eigenvalue weighted by molar-refractivity contribution is -0.208. The molecule has 0 spiro atoms. The van der Waals surface area contributed by atoms with Gasteiger partial charge in [0, 0.05) is 29.2 Å². The molecule has 0 aromatic heterocycles. The van der Waals surface area contributed by atoms with Crippen molar-refractivity contribution in [2.75, 3.05) is 0 Å². The average molecular weight is 364 g/mol. The van der Waals surface area contributed by atoms with Crippen LogP contribution in [-0.4, -0.2) is 47.1 Å². The maximum atomic E-state index is 12.4. The van der Waals surface area contributed by atoms with E-state index in [1.54, 1.807) is 19.9 Å². The number of aliphatic hydroxyl groups excluding tert-OH is 1. The van der Waals surface area contributed by atoms with E-state index in [0.29, 0.717) is 18.4 Å². The first-order valence-electron chi connectivity index (χ1n) is 9.54. The summed E-state index contributed by atoms with van der Waals surface area (Å²) >= 11 is 0. The number of aliphatic hydroxyl groups is 1. The summed E-state index contributed by atoms with van der Waals surface area (Å²) in [6, 6.07) is 0. The second-order valence-electron chi connectivity index (χ2n) is 8.84. The van der Waals surface area contributed by atoms with Crippen molar-refractivity contribution in [1.29, 1.82) is 0 Å². The zero-order valence-corrected chi connectivity index (χ0v) is 16.0. The van der Waals surface area contributed by atoms with E-state index in [2.05, 4.69) is 0 Å². The van der Waals surface area contributed by atoms with Crippen LogP contribution in [0.4, 0.5) is 0 Å². The van der Waals surface area contributed by atoms with Crippen molar-refractivity contribution in [3.8, 4) is 0 Å². The first-order chi connectivity index (χ1) is 12.1. The van der Waals surface area contributed by atoms with Gasteiger partial charge < -0.3 is 19.3 Å². The first kappa shape index (κ1) is 18.0. The van der Waals surface area contributed by atoms with Crippen LogP contribution in [0.25, 0.3) is 0 Å². The summed E-state index contributed by atoms with van der Waals surface area (Å²) in [4.78, 5) is 24.6. The van der Waals surface area contributed by atoms with Gasteiger partial charge in [0.25, 0.3) is 0 Å². The van der Waals surface area contributed by atoms with Crippen LogP contribution >= 0.6 is 0 Å². The third-order valence-corrected chi connectivity index (χ3v) is 7.62. The number of allylic oxidation sites excluding steroid dienone is 1. The molecule has 0 radical (unpaired) electrons. The van der Waals surface area contributed by atoms with E-state index in [-0.39, 0.29) is 41.9 Å². The lowest BCUT2D eigenvalue weighted by atomic mass is 9.51. The zero-order chi connectivity index (χ0) is 19.0. The quantitative estimate of drug-likeness (QED) is 0.458. The average Bonchev–Trinajstić information content (AvgIpc) is 3.18. The highest BCUT2D eigenvalue weighted by atomic mass is 16.6. The van der Waals surface area contributed by atoms with Crippen molar-refractivity contribution in [2.24, 2.45) is 23.2 Å². The van der Waals surface area contributed by atoms with Crippen LogP contribution in [0.3, 0.4) is 0 Å². The van der Waals surface area contributed by atoms with Crippen molar-refractivity contribution in [3.63, 3.8) is 0 Å². The van der Waals surface area contributed by atoms with Gasteiger partial charge in [0.2, 0.25) is 0 Å². The van der Waals surface area contributed by atoms with Crippen molar-refractivity contribution in [3.05, 3.63) is 11.6 Å². The molecule has 1 N–H and O–H groups in total. The van der Waals surface area contributed by atoms with Gasteiger partial charge in [-0.25, -0.2) is 4.79 Å². The molecule has 2 heterocycles. The molecule has 4 aliphatic rings. The SMILES string of the molecule is CC=C(C)C(=O)OC1CC2OC2(C)C2C3OC(=O)C(C)C3CC(O)C12C. The number of hydrogen-bond donors (Lipinski definition) is 1. The summed E-state index contributed by atoms with van der Waals surface area (Å²) in [5.74, 6) is -1.02. The fourth-order valence-corrected chi connectivity index (χ4v) is 5.66. The minimum absolute atomic E-state index is 0.0241. The largest absolute Gasteiger partial charge is 0.461 e. The summed E-state index contributed by atoms with van der Waals surface area (Å²) in [5, 5.41) is 11.1. The van der Waals surface area contributed by atoms with Gasteiger partial charge in [0.1, 0.15) is 12.2 Å². The highest BCUT2D eigenvalue weighted by Crippen LogP contribution is 2.66. The monoisotopic (exact) mass is 364 g/mol. The zero-order valence-electron chi connectivity index (χ0n) is 16.0. The molecule has 0 aromatic rings. The Kier molecular flexibility index (Phi) is 3.84. The Hall–Kier alpha value is -1.40. The van der Waals surface area contributed by atoms with E-state index in [0.717, 1.165) is 0 Å². The van der Waals surface area contributed by atoms with E-state index in [1.807, 2.05) is 20.8 Å². The topological polar surface area (TPSA) is 85.4 Å². The normalized spacial score (nSPS) is 52.5. The van der Waals surface area contributed by atoms with Gasteiger partial charge in [-0.1, -0.05) is 19.9 Å². The van der Waals surface area contributed by atoms with E-state index in [1.165, 1.54) is 0 Å². The minimum Gasteiger partial charge on any atom is -0.461 e. The van der Waals surface area contributed by atoms with Crippen LogP contribution in [0, 0.1) is 23.2 Å². The molecule has 4 rings (SSSR count). The van der Waals surface area contributed by atoms with Gasteiger partial charge in [-0.2, -0.15) is 0 Å². The third-order valence-electron chi connectivity index (χ3n) is 7.62. The molecule has 2 aliphatic heterocycles. The Bertz CT molecular complexity index is 686. The van der Waals surface area contributed by atoms with Crippen LogP contribution in [0.15, 0.2) is 11.6 Å². The van der Waals surface area contributed by atoms with Crippen molar-refractivity contribution in [2.45, 2.75) is 77.5 Å². The van der Waals surface area contributed by atoms with E-state index >= 15 is 0 Å². The number of rotatable bonds is 2. The highest BCUT2D eigenvalue weighted by Gasteiger charge is 2.76. The lowest BCUT2D eigenvalue weighted by Crippen LogP contribution is -2.65. The Labute approximate surface area is 153 Å². The molecule has 144 valence electrons. The van der Waals surface area contributed by atoms with Gasteiger partial charge in [-0.3, -0.25) is 4.79 Å². The molecule has 4 fully saturated rings. The molecule has 9 unspecified atom stereocenters. The summed E-state index contributed by atoms with van der Waals surface area (Å²) in [5.41, 5.74) is -0.613. The fraction of sp³-hybridized carbons (Fsp3) is 0.800. The summed E-state index contributed by atoms with van der Waals surface area (Å²) in [7, 11) is 0. The molecule has 2 aliphatic carbocycles. The number of carbonyl (C=O) groups is 2. The molecular weight excluding hydrogens is 336 g/mol. The number of carbonyl (C=O) groups excluding carboxylic acids is 2. The van der Waals surface area contributed by atoms with E-state index in [9.17, 15) is 14.7 Å². The Morgan fingerprint density at radius 1 is 1.35 bits per heavy atom. The lowest BCUT2D eigenvalue weighted by Gasteiger charge is -2.55. The summed E-state index contributed by atoms with van der Waals surface area (Å²) in [6.07, 6.45) is 1.26. The van der Waals surface area contributed by atoms with Crippen LogP contribution in [0.5, 0.6) is 0 Å². The molecule has 0 amide bonds. The minimum atomic E-state index is -0.711. The second kappa shape index (κ2) is 5.55. The van der Waals surface area contributed by atoms with Gasteiger partial charge in [0.05, 0.1) is 23.7 Å². The van der Waals surface area contributed by atoms with Crippen molar-refractivity contribution >= 4 is 11.9 Å². The maximum Gasteiger partial charge on any atom is 0.333 e. The smallest absolute Gasteiger partial charge is 0.333 e. The number of fused-ring (bicyclic) bond motifs is 5. The molecule has 2 saturated carbocycles. The molecule has 2 saturated heterocycles. The van der Waals surface area contributed by atoms with Gasteiger partial charge in [-0.05, 0) is 27.2 Å². The third kappa shape index (κ3) is 2.18. The second-order valence-corrected chi connectivity index (χ2v) is 8.84. The first-order valence-corrected chi connectivity index (χ1v) is 9.54. The van der Waals surface area contributed by atoms with Crippen LogP contribution < -0.4 is 0 Å². The fourth-order valence-electron chi connectivity index (χ4n) is 5.66. The predicted molar refractivity (Wildman–Crippen MR) is 92.0 cm³/mol. The number of epoxide rings is 1. The Morgan fingerprint density at radius 3 is 2.69 bits per heavy atom. The van der Waals surface area contributed by atoms with Crippen LogP contribution in [0.1, 0.15) is 47.5 Å². The molecule has 26 heavy (non-hydrogen) atoms. The predicted octanol–water partition coefficient (Wildman–Crippen LogP) is 1.99. The summed E-state index contributed by atoms with van der Waals surface area (Å²) < 4.78 is 17.6. The maximum absolute atomic E-state index is 12.4. The van der Waals surface area contributed by atoms with Crippen molar-refractivity contribution < 1.29 is 28.9 Å². The Balaban J connectivity index is 1.71. The molecule has 6 heteroatoms. The molecule has 0 aromatic carbocycles. The van der Waals surface area contributed by atoms with E-state index in [4.69, 9.17) is 14.2 Å². The number of hydrogen-bond acceptors (Lipinski definition) is 6. The molecule has 9 atom stereocenters. The molecular formula is C20H28O6. The molecule has 0 bridgehead atoms. The van der Waals surface area contributed by atoms with Crippen LogP contribution in [0.2, 0.25) is 0 Å². The molecule has 6 nitrogen and oxygen atoms in total. The standard InChI is InChI=1S/C20H28O6/c1-6-9(2)17(22)24-13-8-14-20(5,26-14)16-15-11(10(3)18(23)25-15)7-12(21)19(13,16)4/h6,10-16,21H,7-8H2,1-5H3. The van der Waals surface area contributed by atoms with Gasteiger partial charge in [-0.15, -0.1) is 0 Å². The van der Waals surface area contributed by atoms with Gasteiger partial charge in [0.15, 0.2) is 0 Å². The number of ether oxygens (including phenoxy) is 3. The van der Waals surface area contributed by atoms with Crippen molar-refractivity contribution in [1.82, 2.24) is 0 Å². The highest BCUT2D eigenvalue weighted by molar-refractivity contribution is 5.87. The Morgan fingerprint density at radius 2 is 2.04 bits per heavy atom. The van der Waals surface area contributed by atoms with Gasteiger partial charge >= 0.3 is 11.9 Å². The summed E-state index contributed by atoms with van der Waals surface area (Å²) in [6.45, 7) is 9.37. The van der Waals surface area contributed by atoms with Crippen LogP contribution in [-0.2, 0) is 23.8 Å². The van der Waals surface area contributed by atoms with E-state index < -0.39 is 23.2 Å². The number of esters is 2.